The molecule has 0 N–H and O–H groups in total. The summed E-state index contributed by atoms with van der Waals surface area (Å²) in [6, 6.07) is 0. The highest BCUT2D eigenvalue weighted by molar-refractivity contribution is 8.14. The minimum Gasteiger partial charge on any atom is -0.379 e. The third-order valence-corrected chi connectivity index (χ3v) is 4.28. The lowest BCUT2D eigenvalue weighted by molar-refractivity contribution is -0.128. The highest BCUT2D eigenvalue weighted by Gasteiger charge is 2.30. The van der Waals surface area contributed by atoms with Gasteiger partial charge in [-0.05, 0) is 0 Å². The molecule has 6 heteroatoms. The van der Waals surface area contributed by atoms with Crippen LogP contribution in [-0.4, -0.2) is 72.0 Å². The molecule has 1 atom stereocenters. The monoisotopic (exact) mass is 272 g/mol. The molecule has 0 saturated carbocycles. The van der Waals surface area contributed by atoms with Crippen molar-refractivity contribution in [3.05, 3.63) is 0 Å². The maximum atomic E-state index is 11.8. The van der Waals surface area contributed by atoms with Crippen molar-refractivity contribution in [1.82, 2.24) is 9.80 Å². The molecule has 0 aromatic carbocycles. The fourth-order valence-electron chi connectivity index (χ4n) is 2.35. The molecule has 2 aliphatic heterocycles. The van der Waals surface area contributed by atoms with Crippen molar-refractivity contribution in [2.24, 2.45) is 0 Å². The van der Waals surface area contributed by atoms with Crippen molar-refractivity contribution in [3.8, 4) is 0 Å². The summed E-state index contributed by atoms with van der Waals surface area (Å²) in [4.78, 5) is 27.0. The fourth-order valence-corrected chi connectivity index (χ4v) is 3.30. The van der Waals surface area contributed by atoms with Crippen LogP contribution in [0.2, 0.25) is 0 Å². The van der Waals surface area contributed by atoms with E-state index in [0.717, 1.165) is 39.4 Å². The molecule has 0 spiro atoms. The van der Waals surface area contributed by atoms with Crippen LogP contribution in [0, 0.1) is 0 Å². The number of nitrogens with zero attached hydrogens (tertiary/aromatic N) is 2. The highest BCUT2D eigenvalue weighted by atomic mass is 32.2. The van der Waals surface area contributed by atoms with Crippen molar-refractivity contribution in [2.45, 2.75) is 18.6 Å². The second kappa shape index (κ2) is 6.54. The highest BCUT2D eigenvalue weighted by Crippen LogP contribution is 2.23. The SMILES string of the molecule is CC(=O)SC1CC(=O)N(CCN2CCOCC2)C1. The van der Waals surface area contributed by atoms with Gasteiger partial charge in [0.25, 0.3) is 0 Å². The third-order valence-electron chi connectivity index (χ3n) is 3.30. The van der Waals surface area contributed by atoms with Crippen molar-refractivity contribution in [2.75, 3.05) is 45.9 Å². The predicted molar refractivity (Wildman–Crippen MR) is 70.5 cm³/mol. The van der Waals surface area contributed by atoms with Gasteiger partial charge in [0.15, 0.2) is 5.12 Å². The molecule has 0 bridgehead atoms. The van der Waals surface area contributed by atoms with Crippen LogP contribution in [0.1, 0.15) is 13.3 Å². The Morgan fingerprint density at radius 2 is 2.11 bits per heavy atom. The topological polar surface area (TPSA) is 49.9 Å². The quantitative estimate of drug-likeness (QED) is 0.732. The number of morpholine rings is 1. The van der Waals surface area contributed by atoms with E-state index in [9.17, 15) is 9.59 Å². The molecule has 102 valence electrons. The Kier molecular flexibility index (Phi) is 5.03. The summed E-state index contributed by atoms with van der Waals surface area (Å²) in [6.45, 7) is 7.44. The van der Waals surface area contributed by atoms with E-state index >= 15 is 0 Å². The van der Waals surface area contributed by atoms with Gasteiger partial charge in [-0.25, -0.2) is 0 Å². The summed E-state index contributed by atoms with van der Waals surface area (Å²) < 4.78 is 5.29. The van der Waals surface area contributed by atoms with Crippen LogP contribution < -0.4 is 0 Å². The Labute approximate surface area is 112 Å². The summed E-state index contributed by atoms with van der Waals surface area (Å²) >= 11 is 1.30. The van der Waals surface area contributed by atoms with E-state index in [1.54, 1.807) is 6.92 Å². The number of thioether (sulfide) groups is 1. The van der Waals surface area contributed by atoms with E-state index in [1.165, 1.54) is 11.8 Å². The summed E-state index contributed by atoms with van der Waals surface area (Å²) in [5.41, 5.74) is 0. The first kappa shape index (κ1) is 13.8. The standard InChI is InChI=1S/C12H20N2O3S/c1-10(15)18-11-8-12(16)14(9-11)3-2-13-4-6-17-7-5-13/h11H,2-9H2,1H3. The molecular weight excluding hydrogens is 252 g/mol. The summed E-state index contributed by atoms with van der Waals surface area (Å²) in [7, 11) is 0. The lowest BCUT2D eigenvalue weighted by atomic mass is 10.4. The molecule has 18 heavy (non-hydrogen) atoms. The van der Waals surface area contributed by atoms with Gasteiger partial charge in [-0.3, -0.25) is 14.5 Å². The van der Waals surface area contributed by atoms with Gasteiger partial charge in [-0.1, -0.05) is 11.8 Å². The lowest BCUT2D eigenvalue weighted by Gasteiger charge is -2.28. The first-order valence-corrected chi connectivity index (χ1v) is 7.28. The van der Waals surface area contributed by atoms with Gasteiger partial charge in [-0.2, -0.15) is 0 Å². The largest absolute Gasteiger partial charge is 0.379 e. The number of hydrogen-bond acceptors (Lipinski definition) is 5. The van der Waals surface area contributed by atoms with Gasteiger partial charge in [0.1, 0.15) is 0 Å². The first-order chi connectivity index (χ1) is 8.65. The zero-order valence-corrected chi connectivity index (χ0v) is 11.6. The molecule has 0 aromatic rings. The van der Waals surface area contributed by atoms with Gasteiger partial charge in [0.05, 0.1) is 13.2 Å². The number of rotatable bonds is 4. The van der Waals surface area contributed by atoms with E-state index in [0.29, 0.717) is 13.0 Å². The van der Waals surface area contributed by atoms with E-state index in [2.05, 4.69) is 4.90 Å². The molecule has 5 nitrogen and oxygen atoms in total. The second-order valence-electron chi connectivity index (χ2n) is 4.73. The van der Waals surface area contributed by atoms with Gasteiger partial charge in [0, 0.05) is 51.3 Å². The average molecular weight is 272 g/mol. The van der Waals surface area contributed by atoms with Gasteiger partial charge >= 0.3 is 0 Å². The molecule has 0 aliphatic carbocycles. The van der Waals surface area contributed by atoms with Crippen molar-refractivity contribution >= 4 is 22.8 Å². The van der Waals surface area contributed by atoms with Crippen LogP contribution in [-0.2, 0) is 14.3 Å². The Hall–Kier alpha value is -0.590. The first-order valence-electron chi connectivity index (χ1n) is 6.40. The number of amides is 1. The van der Waals surface area contributed by atoms with Gasteiger partial charge in [0.2, 0.25) is 5.91 Å². The van der Waals surface area contributed by atoms with E-state index in [4.69, 9.17) is 4.74 Å². The Bertz CT molecular complexity index is 318. The molecule has 2 saturated heterocycles. The molecule has 2 aliphatic rings. The minimum atomic E-state index is 0.0998. The molecule has 2 fully saturated rings. The van der Waals surface area contributed by atoms with Crippen LogP contribution in [0.3, 0.4) is 0 Å². The normalized spacial score (nSPS) is 25.7. The predicted octanol–water partition coefficient (Wildman–Crippen LogP) is 0.199. The molecular formula is C12H20N2O3S. The van der Waals surface area contributed by atoms with E-state index in [1.807, 2.05) is 4.90 Å². The van der Waals surface area contributed by atoms with E-state index < -0.39 is 0 Å². The number of ether oxygens (including phenoxy) is 1. The van der Waals surface area contributed by atoms with Crippen LogP contribution >= 0.6 is 11.8 Å². The van der Waals surface area contributed by atoms with Crippen LogP contribution in [0.15, 0.2) is 0 Å². The molecule has 2 heterocycles. The van der Waals surface area contributed by atoms with Crippen LogP contribution in [0.4, 0.5) is 0 Å². The third kappa shape index (κ3) is 3.96. The fraction of sp³-hybridized carbons (Fsp3) is 0.833. The Morgan fingerprint density at radius 1 is 1.39 bits per heavy atom. The Morgan fingerprint density at radius 3 is 2.78 bits per heavy atom. The smallest absolute Gasteiger partial charge is 0.223 e. The number of carbonyl (C=O) groups is 2. The van der Waals surface area contributed by atoms with Gasteiger partial charge < -0.3 is 9.64 Å². The number of carbonyl (C=O) groups excluding carboxylic acids is 2. The zero-order chi connectivity index (χ0) is 13.0. The number of likely N-dealkylation sites (tertiary alicyclic amines) is 1. The minimum absolute atomic E-state index is 0.0998. The number of hydrogen-bond donors (Lipinski definition) is 0. The zero-order valence-electron chi connectivity index (χ0n) is 10.8. The van der Waals surface area contributed by atoms with Crippen LogP contribution in [0.25, 0.3) is 0 Å². The van der Waals surface area contributed by atoms with Crippen molar-refractivity contribution in [3.63, 3.8) is 0 Å². The molecule has 2 rings (SSSR count). The second-order valence-corrected chi connectivity index (χ2v) is 6.21. The van der Waals surface area contributed by atoms with E-state index in [-0.39, 0.29) is 16.3 Å². The molecule has 1 unspecified atom stereocenters. The van der Waals surface area contributed by atoms with Gasteiger partial charge in [-0.15, -0.1) is 0 Å². The maximum Gasteiger partial charge on any atom is 0.223 e. The average Bonchev–Trinajstić information content (AvgIpc) is 2.67. The molecule has 0 aromatic heterocycles. The molecule has 0 radical (unpaired) electrons. The maximum absolute atomic E-state index is 11.8. The Balaban J connectivity index is 1.72. The van der Waals surface area contributed by atoms with Crippen molar-refractivity contribution in [1.29, 1.82) is 0 Å². The summed E-state index contributed by atoms with van der Waals surface area (Å²) in [6.07, 6.45) is 0.507. The van der Waals surface area contributed by atoms with Crippen molar-refractivity contribution < 1.29 is 14.3 Å². The van der Waals surface area contributed by atoms with Crippen LogP contribution in [0.5, 0.6) is 0 Å². The lowest BCUT2D eigenvalue weighted by Crippen LogP contribution is -2.41. The molecule has 1 amide bonds. The summed E-state index contributed by atoms with van der Waals surface area (Å²) in [5, 5.41) is 0.252. The summed E-state index contributed by atoms with van der Waals surface area (Å²) in [5.74, 6) is 0.182.